The van der Waals surface area contributed by atoms with E-state index in [4.69, 9.17) is 10.5 Å². The van der Waals surface area contributed by atoms with E-state index in [1.54, 1.807) is 0 Å². The predicted molar refractivity (Wildman–Crippen MR) is 76.2 cm³/mol. The van der Waals surface area contributed by atoms with E-state index in [-0.39, 0.29) is 24.4 Å². The van der Waals surface area contributed by atoms with Crippen LogP contribution in [-0.4, -0.2) is 12.0 Å². The van der Waals surface area contributed by atoms with Crippen molar-refractivity contribution in [1.82, 2.24) is 0 Å². The van der Waals surface area contributed by atoms with Crippen LogP contribution in [0.25, 0.3) is 0 Å². The van der Waals surface area contributed by atoms with Crippen molar-refractivity contribution in [2.24, 2.45) is 5.73 Å². The summed E-state index contributed by atoms with van der Waals surface area (Å²) in [4.78, 5) is 11.3. The Morgan fingerprint density at radius 3 is 2.39 bits per heavy atom. The van der Waals surface area contributed by atoms with Crippen molar-refractivity contribution >= 4 is 18.4 Å². The first-order valence-corrected chi connectivity index (χ1v) is 6.20. The summed E-state index contributed by atoms with van der Waals surface area (Å²) in [6, 6.07) is 7.77. The second-order valence-corrected chi connectivity index (χ2v) is 4.24. The lowest BCUT2D eigenvalue weighted by Gasteiger charge is -2.09. The van der Waals surface area contributed by atoms with Gasteiger partial charge in [-0.25, -0.2) is 0 Å². The number of benzene rings is 1. The second kappa shape index (κ2) is 8.95. The van der Waals surface area contributed by atoms with Crippen molar-refractivity contribution in [3.8, 4) is 5.75 Å². The van der Waals surface area contributed by atoms with Crippen LogP contribution in [0.2, 0.25) is 0 Å². The molecule has 1 aromatic carbocycles. The largest absolute Gasteiger partial charge is 0.427 e. The smallest absolute Gasteiger partial charge is 0.311 e. The van der Waals surface area contributed by atoms with Gasteiger partial charge in [0.25, 0.3) is 0 Å². The molecule has 18 heavy (non-hydrogen) atoms. The first-order valence-electron chi connectivity index (χ1n) is 6.20. The van der Waals surface area contributed by atoms with Gasteiger partial charge in [0.1, 0.15) is 5.75 Å². The van der Waals surface area contributed by atoms with Crippen molar-refractivity contribution in [2.75, 3.05) is 0 Å². The van der Waals surface area contributed by atoms with E-state index in [9.17, 15) is 4.79 Å². The molecular weight excluding hydrogens is 250 g/mol. The number of halogens is 1. The van der Waals surface area contributed by atoms with Gasteiger partial charge in [0.2, 0.25) is 0 Å². The van der Waals surface area contributed by atoms with Gasteiger partial charge >= 0.3 is 5.97 Å². The number of carbonyl (C=O) groups excluding carboxylic acids is 1. The minimum Gasteiger partial charge on any atom is -0.427 e. The summed E-state index contributed by atoms with van der Waals surface area (Å²) in [5.41, 5.74) is 7.05. The van der Waals surface area contributed by atoms with Gasteiger partial charge in [0.05, 0.1) is 0 Å². The van der Waals surface area contributed by atoms with Crippen LogP contribution in [0.4, 0.5) is 0 Å². The normalized spacial score (nSPS) is 11.5. The summed E-state index contributed by atoms with van der Waals surface area (Å²) in [6.45, 7) is 4.03. The van der Waals surface area contributed by atoms with Gasteiger partial charge in [-0.2, -0.15) is 0 Å². The van der Waals surface area contributed by atoms with Crippen LogP contribution in [0.3, 0.4) is 0 Å². The number of hydrogen-bond donors (Lipinski definition) is 1. The van der Waals surface area contributed by atoms with Crippen LogP contribution >= 0.6 is 12.4 Å². The van der Waals surface area contributed by atoms with Crippen molar-refractivity contribution in [3.05, 3.63) is 29.8 Å². The van der Waals surface area contributed by atoms with Crippen molar-refractivity contribution in [1.29, 1.82) is 0 Å². The quantitative estimate of drug-likeness (QED) is 0.639. The molecule has 0 aliphatic heterocycles. The van der Waals surface area contributed by atoms with E-state index in [0.29, 0.717) is 12.2 Å². The number of hydrogen-bond acceptors (Lipinski definition) is 3. The predicted octanol–water partition coefficient (Wildman–Crippen LogP) is 3.09. The summed E-state index contributed by atoms with van der Waals surface area (Å²) in [5, 5.41) is 0. The van der Waals surface area contributed by atoms with E-state index in [0.717, 1.165) is 19.3 Å². The van der Waals surface area contributed by atoms with Crippen molar-refractivity contribution in [3.63, 3.8) is 0 Å². The summed E-state index contributed by atoms with van der Waals surface area (Å²) in [6.07, 6.45) is 3.09. The Balaban J connectivity index is 0.00000289. The Labute approximate surface area is 115 Å². The SMILES string of the molecule is CCCC(=O)Oc1ccc(CC(N)CC)cc1.Cl. The monoisotopic (exact) mass is 271 g/mol. The Morgan fingerprint density at radius 1 is 1.28 bits per heavy atom. The molecule has 1 unspecified atom stereocenters. The molecule has 0 aromatic heterocycles. The molecule has 0 saturated carbocycles. The van der Waals surface area contributed by atoms with E-state index < -0.39 is 0 Å². The molecule has 0 saturated heterocycles. The van der Waals surface area contributed by atoms with Gasteiger partial charge in [-0.15, -0.1) is 12.4 Å². The molecule has 0 fully saturated rings. The first kappa shape index (κ1) is 16.9. The van der Waals surface area contributed by atoms with Gasteiger partial charge in [-0.05, 0) is 37.0 Å². The molecule has 1 aromatic rings. The molecule has 3 nitrogen and oxygen atoms in total. The molecule has 4 heteroatoms. The zero-order chi connectivity index (χ0) is 12.7. The fraction of sp³-hybridized carbons (Fsp3) is 0.500. The number of nitrogens with two attached hydrogens (primary N) is 1. The molecule has 102 valence electrons. The summed E-state index contributed by atoms with van der Waals surface area (Å²) < 4.78 is 5.17. The van der Waals surface area contributed by atoms with E-state index in [1.165, 1.54) is 5.56 Å². The van der Waals surface area contributed by atoms with Gasteiger partial charge in [-0.1, -0.05) is 26.0 Å². The fourth-order valence-electron chi connectivity index (χ4n) is 1.53. The lowest BCUT2D eigenvalue weighted by Crippen LogP contribution is -2.21. The minimum absolute atomic E-state index is 0. The van der Waals surface area contributed by atoms with Gasteiger partial charge < -0.3 is 10.5 Å². The molecule has 0 bridgehead atoms. The molecule has 0 spiro atoms. The highest BCUT2D eigenvalue weighted by molar-refractivity contribution is 5.85. The molecule has 1 rings (SSSR count). The molecule has 0 heterocycles. The number of rotatable bonds is 6. The van der Waals surface area contributed by atoms with Crippen molar-refractivity contribution < 1.29 is 9.53 Å². The molecule has 0 aliphatic rings. The summed E-state index contributed by atoms with van der Waals surface area (Å²) >= 11 is 0. The Kier molecular flexibility index (Phi) is 8.42. The third-order valence-corrected chi connectivity index (χ3v) is 2.63. The first-order chi connectivity index (χ1) is 8.15. The van der Waals surface area contributed by atoms with Crippen LogP contribution in [-0.2, 0) is 11.2 Å². The Hall–Kier alpha value is -1.06. The molecule has 1 atom stereocenters. The zero-order valence-electron chi connectivity index (χ0n) is 11.0. The molecule has 0 aliphatic carbocycles. The highest BCUT2D eigenvalue weighted by Gasteiger charge is 2.04. The average molecular weight is 272 g/mol. The van der Waals surface area contributed by atoms with Crippen LogP contribution in [0.5, 0.6) is 5.75 Å². The summed E-state index contributed by atoms with van der Waals surface area (Å²) in [5.74, 6) is 0.433. The minimum atomic E-state index is -0.175. The van der Waals surface area contributed by atoms with E-state index in [1.807, 2.05) is 31.2 Å². The second-order valence-electron chi connectivity index (χ2n) is 4.24. The van der Waals surface area contributed by atoms with Gasteiger partial charge in [0, 0.05) is 12.5 Å². The third kappa shape index (κ3) is 6.03. The maximum absolute atomic E-state index is 11.3. The molecule has 0 amide bonds. The molecule has 0 radical (unpaired) electrons. The standard InChI is InChI=1S/C14H21NO2.ClH/c1-3-5-14(16)17-13-8-6-11(7-9-13)10-12(15)4-2;/h6-9,12H,3-5,10,15H2,1-2H3;1H. The highest BCUT2D eigenvalue weighted by atomic mass is 35.5. The molecule has 2 N–H and O–H groups in total. The lowest BCUT2D eigenvalue weighted by molar-refractivity contribution is -0.134. The lowest BCUT2D eigenvalue weighted by atomic mass is 10.0. The highest BCUT2D eigenvalue weighted by Crippen LogP contribution is 2.14. The van der Waals surface area contributed by atoms with E-state index in [2.05, 4.69) is 6.92 Å². The zero-order valence-corrected chi connectivity index (χ0v) is 11.8. The van der Waals surface area contributed by atoms with Crippen LogP contribution in [0, 0.1) is 0 Å². The van der Waals surface area contributed by atoms with E-state index >= 15 is 0 Å². The third-order valence-electron chi connectivity index (χ3n) is 2.63. The number of esters is 1. The maximum atomic E-state index is 11.3. The van der Waals surface area contributed by atoms with Crippen molar-refractivity contribution in [2.45, 2.75) is 45.6 Å². The molecular formula is C14H22ClNO2. The Bertz CT molecular complexity index is 351. The maximum Gasteiger partial charge on any atom is 0.311 e. The topological polar surface area (TPSA) is 52.3 Å². The average Bonchev–Trinajstić information content (AvgIpc) is 2.32. The number of carbonyl (C=O) groups is 1. The van der Waals surface area contributed by atoms with Crippen LogP contribution in [0.15, 0.2) is 24.3 Å². The fourth-order valence-corrected chi connectivity index (χ4v) is 1.53. The van der Waals surface area contributed by atoms with Crippen LogP contribution in [0.1, 0.15) is 38.7 Å². The van der Waals surface area contributed by atoms with Crippen LogP contribution < -0.4 is 10.5 Å². The van der Waals surface area contributed by atoms with Gasteiger partial charge in [-0.3, -0.25) is 4.79 Å². The van der Waals surface area contributed by atoms with Gasteiger partial charge in [0.15, 0.2) is 0 Å². The summed E-state index contributed by atoms with van der Waals surface area (Å²) in [7, 11) is 0. The Morgan fingerprint density at radius 2 is 1.89 bits per heavy atom. The number of ether oxygens (including phenoxy) is 1.